The number of aryl methyl sites for hydroxylation is 1. The van der Waals surface area contributed by atoms with Crippen molar-refractivity contribution in [1.82, 2.24) is 10.4 Å². The molecule has 3 unspecified atom stereocenters. The van der Waals surface area contributed by atoms with Gasteiger partial charge in [0.05, 0.1) is 0 Å². The van der Waals surface area contributed by atoms with E-state index in [-0.39, 0.29) is 0 Å². The molecular weight excluding hydrogens is 222 g/mol. The number of pyridine rings is 1. The third-order valence-electron chi connectivity index (χ3n) is 4.38. The van der Waals surface area contributed by atoms with Crippen LogP contribution in [0, 0.1) is 11.8 Å². The molecule has 0 saturated heterocycles. The van der Waals surface area contributed by atoms with Gasteiger partial charge in [0.1, 0.15) is 0 Å². The lowest BCUT2D eigenvalue weighted by molar-refractivity contribution is 0.296. The molecule has 1 aliphatic rings. The maximum atomic E-state index is 5.74. The monoisotopic (exact) mass is 247 g/mol. The molecule has 1 aromatic heterocycles. The van der Waals surface area contributed by atoms with Gasteiger partial charge in [0, 0.05) is 24.4 Å². The van der Waals surface area contributed by atoms with Crippen LogP contribution in [0.3, 0.4) is 0 Å². The molecule has 1 aromatic rings. The number of hydrogen-bond acceptors (Lipinski definition) is 3. The van der Waals surface area contributed by atoms with E-state index in [9.17, 15) is 0 Å². The molecule has 0 bridgehead atoms. The summed E-state index contributed by atoms with van der Waals surface area (Å²) in [7, 11) is 0. The van der Waals surface area contributed by atoms with Gasteiger partial charge in [-0.3, -0.25) is 16.3 Å². The molecule has 3 N–H and O–H groups in total. The highest BCUT2D eigenvalue weighted by Crippen LogP contribution is 2.34. The first-order chi connectivity index (χ1) is 8.74. The van der Waals surface area contributed by atoms with Gasteiger partial charge in [-0.15, -0.1) is 0 Å². The summed E-state index contributed by atoms with van der Waals surface area (Å²) in [6.07, 6.45) is 7.95. The van der Waals surface area contributed by atoms with Crippen molar-refractivity contribution in [1.29, 1.82) is 0 Å². The third-order valence-corrected chi connectivity index (χ3v) is 4.38. The summed E-state index contributed by atoms with van der Waals surface area (Å²) in [5.74, 6) is 7.22. The molecule has 3 atom stereocenters. The van der Waals surface area contributed by atoms with Gasteiger partial charge in [-0.2, -0.15) is 0 Å². The lowest BCUT2D eigenvalue weighted by atomic mass is 9.88. The van der Waals surface area contributed by atoms with Crippen molar-refractivity contribution in [3.63, 3.8) is 0 Å². The molecular formula is C15H25N3. The summed E-state index contributed by atoms with van der Waals surface area (Å²) in [4.78, 5) is 4.54. The number of aromatic nitrogens is 1. The van der Waals surface area contributed by atoms with Crippen LogP contribution in [0.15, 0.2) is 18.3 Å². The summed E-state index contributed by atoms with van der Waals surface area (Å²) in [6.45, 7) is 4.50. The fourth-order valence-corrected chi connectivity index (χ4v) is 3.12. The van der Waals surface area contributed by atoms with Crippen LogP contribution in [-0.4, -0.2) is 11.0 Å². The molecule has 1 heterocycles. The van der Waals surface area contributed by atoms with E-state index in [1.54, 1.807) is 0 Å². The van der Waals surface area contributed by atoms with Crippen LogP contribution in [-0.2, 0) is 12.8 Å². The SMILES string of the molecule is CCc1ccc(CC(NN)C2CCCC2C)nc1. The van der Waals surface area contributed by atoms with E-state index in [4.69, 9.17) is 5.84 Å². The Hall–Kier alpha value is -0.930. The van der Waals surface area contributed by atoms with Crippen molar-refractivity contribution < 1.29 is 0 Å². The van der Waals surface area contributed by atoms with Crippen LogP contribution in [0.1, 0.15) is 44.4 Å². The maximum Gasteiger partial charge on any atom is 0.0419 e. The number of hydrazine groups is 1. The van der Waals surface area contributed by atoms with Crippen LogP contribution < -0.4 is 11.3 Å². The Morgan fingerprint density at radius 1 is 1.44 bits per heavy atom. The number of nitrogens with two attached hydrogens (primary N) is 1. The molecule has 3 nitrogen and oxygen atoms in total. The summed E-state index contributed by atoms with van der Waals surface area (Å²) in [6, 6.07) is 4.68. The zero-order chi connectivity index (χ0) is 13.0. The minimum atomic E-state index is 0.363. The molecule has 0 aliphatic heterocycles. The van der Waals surface area contributed by atoms with Crippen LogP contribution in [0.25, 0.3) is 0 Å². The van der Waals surface area contributed by atoms with E-state index >= 15 is 0 Å². The Bertz CT molecular complexity index is 361. The predicted octanol–water partition coefficient (Wildman–Crippen LogP) is 2.45. The molecule has 1 fully saturated rings. The molecule has 1 saturated carbocycles. The average Bonchev–Trinajstić information content (AvgIpc) is 2.83. The molecule has 3 heteroatoms. The van der Waals surface area contributed by atoms with Gasteiger partial charge in [0.25, 0.3) is 0 Å². The van der Waals surface area contributed by atoms with E-state index in [0.717, 1.165) is 24.5 Å². The zero-order valence-electron chi connectivity index (χ0n) is 11.5. The summed E-state index contributed by atoms with van der Waals surface area (Å²) in [5.41, 5.74) is 5.46. The Labute approximate surface area is 110 Å². The van der Waals surface area contributed by atoms with Crippen molar-refractivity contribution in [3.05, 3.63) is 29.6 Å². The molecule has 2 rings (SSSR count). The first-order valence-electron chi connectivity index (χ1n) is 7.14. The molecule has 0 aromatic carbocycles. The first kappa shape index (κ1) is 13.5. The van der Waals surface area contributed by atoms with Gasteiger partial charge in [-0.25, -0.2) is 0 Å². The lowest BCUT2D eigenvalue weighted by Gasteiger charge is -2.26. The molecule has 1 aliphatic carbocycles. The van der Waals surface area contributed by atoms with Gasteiger partial charge >= 0.3 is 0 Å². The van der Waals surface area contributed by atoms with E-state index in [2.05, 4.69) is 36.4 Å². The van der Waals surface area contributed by atoms with Crippen LogP contribution in [0.2, 0.25) is 0 Å². The topological polar surface area (TPSA) is 50.9 Å². The standard InChI is InChI=1S/C15H25N3/c1-3-12-7-8-13(17-10-12)9-15(18-16)14-6-4-5-11(14)2/h7-8,10-11,14-15,18H,3-6,9,16H2,1-2H3. The Balaban J connectivity index is 2.00. The molecule has 18 heavy (non-hydrogen) atoms. The summed E-state index contributed by atoms with van der Waals surface area (Å²) in [5, 5.41) is 0. The second kappa shape index (κ2) is 6.30. The lowest BCUT2D eigenvalue weighted by Crippen LogP contribution is -2.43. The fraction of sp³-hybridized carbons (Fsp3) is 0.667. The van der Waals surface area contributed by atoms with Gasteiger partial charge in [-0.1, -0.05) is 32.8 Å². The quantitative estimate of drug-likeness (QED) is 0.621. The highest BCUT2D eigenvalue weighted by atomic mass is 15.2. The summed E-state index contributed by atoms with van der Waals surface area (Å²) < 4.78 is 0. The largest absolute Gasteiger partial charge is 0.271 e. The van der Waals surface area contributed by atoms with E-state index in [1.807, 2.05) is 6.20 Å². The van der Waals surface area contributed by atoms with E-state index in [0.29, 0.717) is 12.0 Å². The van der Waals surface area contributed by atoms with Gasteiger partial charge in [-0.05, 0) is 36.3 Å². The van der Waals surface area contributed by atoms with E-state index < -0.39 is 0 Å². The minimum absolute atomic E-state index is 0.363. The van der Waals surface area contributed by atoms with Crippen LogP contribution in [0.4, 0.5) is 0 Å². The zero-order valence-corrected chi connectivity index (χ0v) is 11.5. The Morgan fingerprint density at radius 2 is 2.28 bits per heavy atom. The highest BCUT2D eigenvalue weighted by Gasteiger charge is 2.30. The van der Waals surface area contributed by atoms with Crippen molar-refractivity contribution in [3.8, 4) is 0 Å². The second-order valence-corrected chi connectivity index (χ2v) is 5.56. The summed E-state index contributed by atoms with van der Waals surface area (Å²) >= 11 is 0. The minimum Gasteiger partial charge on any atom is -0.271 e. The first-order valence-corrected chi connectivity index (χ1v) is 7.14. The van der Waals surface area contributed by atoms with E-state index in [1.165, 1.54) is 24.8 Å². The normalized spacial score (nSPS) is 25.3. The Morgan fingerprint density at radius 3 is 2.78 bits per heavy atom. The number of hydrogen-bond donors (Lipinski definition) is 2. The van der Waals surface area contributed by atoms with Crippen molar-refractivity contribution in [2.75, 3.05) is 0 Å². The third kappa shape index (κ3) is 3.09. The van der Waals surface area contributed by atoms with Crippen molar-refractivity contribution in [2.24, 2.45) is 17.7 Å². The Kier molecular flexibility index (Phi) is 4.72. The second-order valence-electron chi connectivity index (χ2n) is 5.56. The fourth-order valence-electron chi connectivity index (χ4n) is 3.12. The van der Waals surface area contributed by atoms with Crippen molar-refractivity contribution in [2.45, 2.75) is 52.0 Å². The predicted molar refractivity (Wildman–Crippen MR) is 74.9 cm³/mol. The van der Waals surface area contributed by atoms with Crippen molar-refractivity contribution >= 4 is 0 Å². The molecule has 0 radical (unpaired) electrons. The van der Waals surface area contributed by atoms with Gasteiger partial charge in [0.2, 0.25) is 0 Å². The average molecular weight is 247 g/mol. The molecule has 0 spiro atoms. The van der Waals surface area contributed by atoms with Gasteiger partial charge < -0.3 is 0 Å². The number of nitrogens with zero attached hydrogens (tertiary/aromatic N) is 1. The maximum absolute atomic E-state index is 5.74. The smallest absolute Gasteiger partial charge is 0.0419 e. The number of rotatable bonds is 5. The highest BCUT2D eigenvalue weighted by molar-refractivity contribution is 5.15. The van der Waals surface area contributed by atoms with Crippen LogP contribution in [0.5, 0.6) is 0 Å². The van der Waals surface area contributed by atoms with Crippen LogP contribution >= 0.6 is 0 Å². The van der Waals surface area contributed by atoms with Gasteiger partial charge in [0.15, 0.2) is 0 Å². The molecule has 100 valence electrons. The molecule has 0 amide bonds. The number of nitrogens with one attached hydrogen (secondary N) is 1.